The van der Waals surface area contributed by atoms with Gasteiger partial charge in [0.25, 0.3) is 5.91 Å². The summed E-state index contributed by atoms with van der Waals surface area (Å²) in [4.78, 5) is 16.4. The van der Waals surface area contributed by atoms with Gasteiger partial charge < -0.3 is 5.32 Å². The summed E-state index contributed by atoms with van der Waals surface area (Å²) in [5, 5.41) is 11.2. The van der Waals surface area contributed by atoms with E-state index >= 15 is 0 Å². The maximum atomic E-state index is 12.3. The van der Waals surface area contributed by atoms with Gasteiger partial charge in [-0.15, -0.1) is 0 Å². The highest BCUT2D eigenvalue weighted by Crippen LogP contribution is 2.16. The number of aromatic nitrogens is 5. The van der Waals surface area contributed by atoms with E-state index in [2.05, 4.69) is 36.4 Å². The van der Waals surface area contributed by atoms with Crippen LogP contribution < -0.4 is 5.32 Å². The minimum absolute atomic E-state index is 0.209. The number of aryl methyl sites for hydroxylation is 1. The third kappa shape index (κ3) is 2.54. The molecule has 0 fully saturated rings. The molecule has 0 aliphatic heterocycles. The minimum atomic E-state index is -0.209. The molecule has 108 valence electrons. The second-order valence-electron chi connectivity index (χ2n) is 4.38. The van der Waals surface area contributed by atoms with E-state index in [4.69, 9.17) is 0 Å². The lowest BCUT2D eigenvalue weighted by Gasteiger charge is -2.07. The van der Waals surface area contributed by atoms with Crippen molar-refractivity contribution < 1.29 is 4.79 Å². The van der Waals surface area contributed by atoms with Crippen LogP contribution in [0.25, 0.3) is 5.65 Å². The number of nitrogens with zero attached hydrogens (tertiary/aromatic N) is 5. The molecular formula is C13H13BrN6O. The molecule has 0 aliphatic carbocycles. The third-order valence-corrected chi connectivity index (χ3v) is 3.80. The zero-order chi connectivity index (χ0) is 14.8. The number of carbonyl (C=O) groups excluding carboxylic acids is 1. The van der Waals surface area contributed by atoms with Crippen molar-refractivity contribution >= 4 is 27.5 Å². The van der Waals surface area contributed by atoms with Gasteiger partial charge in [-0.3, -0.25) is 9.48 Å². The van der Waals surface area contributed by atoms with E-state index < -0.39 is 0 Å². The molecule has 7 nitrogen and oxygen atoms in total. The molecule has 0 saturated carbocycles. The first-order valence-corrected chi connectivity index (χ1v) is 7.26. The molecule has 8 heteroatoms. The average Bonchev–Trinajstić information content (AvgIpc) is 3.08. The summed E-state index contributed by atoms with van der Waals surface area (Å²) in [5.41, 5.74) is 1.92. The Morgan fingerprint density at radius 3 is 3.05 bits per heavy atom. The minimum Gasteiger partial charge on any atom is -0.346 e. The van der Waals surface area contributed by atoms with Crippen molar-refractivity contribution in [1.82, 2.24) is 29.7 Å². The lowest BCUT2D eigenvalue weighted by Crippen LogP contribution is -2.24. The molecule has 0 aromatic carbocycles. The SMILES string of the molecule is CCn1ncc(Br)c1CNC(=O)c1cnn2cccnc12. The van der Waals surface area contributed by atoms with E-state index in [1.54, 1.807) is 29.2 Å². The molecule has 0 spiro atoms. The maximum absolute atomic E-state index is 12.3. The van der Waals surface area contributed by atoms with Crippen molar-refractivity contribution in [2.75, 3.05) is 0 Å². The highest BCUT2D eigenvalue weighted by molar-refractivity contribution is 9.10. The Hall–Kier alpha value is -2.22. The van der Waals surface area contributed by atoms with Crippen LogP contribution in [0.2, 0.25) is 0 Å². The number of amides is 1. The van der Waals surface area contributed by atoms with Gasteiger partial charge in [-0.2, -0.15) is 10.2 Å². The summed E-state index contributed by atoms with van der Waals surface area (Å²) in [6.45, 7) is 3.13. The fourth-order valence-corrected chi connectivity index (χ4v) is 2.52. The molecule has 21 heavy (non-hydrogen) atoms. The maximum Gasteiger partial charge on any atom is 0.257 e. The lowest BCUT2D eigenvalue weighted by molar-refractivity contribution is 0.0951. The van der Waals surface area contributed by atoms with Gasteiger partial charge in [0.05, 0.1) is 29.1 Å². The monoisotopic (exact) mass is 348 g/mol. The van der Waals surface area contributed by atoms with Gasteiger partial charge in [0.2, 0.25) is 0 Å². The van der Waals surface area contributed by atoms with Crippen LogP contribution in [0.1, 0.15) is 23.0 Å². The quantitative estimate of drug-likeness (QED) is 0.777. The second kappa shape index (κ2) is 5.65. The first kappa shape index (κ1) is 13.7. The summed E-state index contributed by atoms with van der Waals surface area (Å²) >= 11 is 3.43. The molecule has 3 aromatic heterocycles. The number of halogens is 1. The smallest absolute Gasteiger partial charge is 0.257 e. The first-order valence-electron chi connectivity index (χ1n) is 6.47. The normalized spacial score (nSPS) is 11.0. The number of nitrogens with one attached hydrogen (secondary N) is 1. The molecule has 0 unspecified atom stereocenters. The van der Waals surface area contributed by atoms with Gasteiger partial charge in [-0.1, -0.05) is 0 Å². The van der Waals surface area contributed by atoms with Gasteiger partial charge in [0.1, 0.15) is 5.56 Å². The lowest BCUT2D eigenvalue weighted by atomic mass is 10.3. The summed E-state index contributed by atoms with van der Waals surface area (Å²) in [5.74, 6) is -0.209. The van der Waals surface area contributed by atoms with Crippen LogP contribution in [0.15, 0.2) is 35.3 Å². The molecule has 3 heterocycles. The summed E-state index contributed by atoms with van der Waals surface area (Å²) in [7, 11) is 0. The third-order valence-electron chi connectivity index (χ3n) is 3.14. The van der Waals surface area contributed by atoms with E-state index in [1.807, 2.05) is 11.6 Å². The topological polar surface area (TPSA) is 77.1 Å². The van der Waals surface area contributed by atoms with Crippen molar-refractivity contribution in [2.24, 2.45) is 0 Å². The Labute approximate surface area is 129 Å². The summed E-state index contributed by atoms with van der Waals surface area (Å²) < 4.78 is 4.28. The van der Waals surface area contributed by atoms with E-state index in [0.29, 0.717) is 17.8 Å². The predicted octanol–water partition coefficient (Wildman–Crippen LogP) is 1.64. The average molecular weight is 349 g/mol. The van der Waals surface area contributed by atoms with Crippen molar-refractivity contribution in [1.29, 1.82) is 0 Å². The number of fused-ring (bicyclic) bond motifs is 1. The van der Waals surface area contributed by atoms with Gasteiger partial charge in [-0.05, 0) is 28.9 Å². The molecule has 0 bridgehead atoms. The van der Waals surface area contributed by atoms with Crippen molar-refractivity contribution in [3.05, 3.63) is 46.6 Å². The highest BCUT2D eigenvalue weighted by Gasteiger charge is 2.15. The second-order valence-corrected chi connectivity index (χ2v) is 5.24. The van der Waals surface area contributed by atoms with Crippen molar-refractivity contribution in [3.8, 4) is 0 Å². The Kier molecular flexibility index (Phi) is 3.70. The fourth-order valence-electron chi connectivity index (χ4n) is 2.08. The van der Waals surface area contributed by atoms with Crippen molar-refractivity contribution in [2.45, 2.75) is 20.0 Å². The summed E-state index contributed by atoms with van der Waals surface area (Å²) in [6.07, 6.45) is 6.63. The molecule has 3 aromatic rings. The molecule has 0 aliphatic rings. The summed E-state index contributed by atoms with van der Waals surface area (Å²) in [6, 6.07) is 1.76. The fraction of sp³-hybridized carbons (Fsp3) is 0.231. The van der Waals surface area contributed by atoms with Gasteiger partial charge in [0, 0.05) is 18.9 Å². The molecule has 0 radical (unpaired) electrons. The number of hydrogen-bond donors (Lipinski definition) is 1. The van der Waals surface area contributed by atoms with Crippen LogP contribution in [-0.2, 0) is 13.1 Å². The van der Waals surface area contributed by atoms with Crippen LogP contribution in [0.4, 0.5) is 0 Å². The largest absolute Gasteiger partial charge is 0.346 e. The van der Waals surface area contributed by atoms with Gasteiger partial charge in [-0.25, -0.2) is 9.50 Å². The number of carbonyl (C=O) groups is 1. The molecule has 3 rings (SSSR count). The van der Waals surface area contributed by atoms with E-state index in [9.17, 15) is 4.79 Å². The Morgan fingerprint density at radius 1 is 1.38 bits per heavy atom. The predicted molar refractivity (Wildman–Crippen MR) is 79.8 cm³/mol. The van der Waals surface area contributed by atoms with Crippen LogP contribution >= 0.6 is 15.9 Å². The molecule has 1 amide bonds. The number of hydrogen-bond acceptors (Lipinski definition) is 4. The van der Waals surface area contributed by atoms with Crippen molar-refractivity contribution in [3.63, 3.8) is 0 Å². The van der Waals surface area contributed by atoms with E-state index in [-0.39, 0.29) is 5.91 Å². The van der Waals surface area contributed by atoms with Crippen LogP contribution in [0, 0.1) is 0 Å². The van der Waals surface area contributed by atoms with Crippen LogP contribution in [0.5, 0.6) is 0 Å². The molecular weight excluding hydrogens is 336 g/mol. The zero-order valence-corrected chi connectivity index (χ0v) is 12.9. The Bertz CT molecular complexity index is 793. The molecule has 1 N–H and O–H groups in total. The molecule has 0 saturated heterocycles. The van der Waals surface area contributed by atoms with Crippen LogP contribution in [0.3, 0.4) is 0 Å². The standard InChI is InChI=1S/C13H13BrN6O/c1-2-19-11(10(14)7-18-19)8-16-13(21)9-6-17-20-5-3-4-15-12(9)20/h3-7H,2,8H2,1H3,(H,16,21). The first-order chi connectivity index (χ1) is 10.2. The Morgan fingerprint density at radius 2 is 2.24 bits per heavy atom. The van der Waals surface area contributed by atoms with Gasteiger partial charge >= 0.3 is 0 Å². The highest BCUT2D eigenvalue weighted by atomic mass is 79.9. The van der Waals surface area contributed by atoms with E-state index in [1.165, 1.54) is 6.20 Å². The van der Waals surface area contributed by atoms with E-state index in [0.717, 1.165) is 16.7 Å². The number of rotatable bonds is 4. The van der Waals surface area contributed by atoms with Crippen LogP contribution in [-0.4, -0.2) is 30.3 Å². The molecule has 0 atom stereocenters. The van der Waals surface area contributed by atoms with Gasteiger partial charge in [0.15, 0.2) is 5.65 Å². The zero-order valence-electron chi connectivity index (χ0n) is 11.3. The Balaban J connectivity index is 1.79.